The van der Waals surface area contributed by atoms with Crippen molar-refractivity contribution >= 4 is 17.7 Å². The van der Waals surface area contributed by atoms with Crippen LogP contribution in [0.1, 0.15) is 31.3 Å². The van der Waals surface area contributed by atoms with Crippen molar-refractivity contribution in [3.05, 3.63) is 41.0 Å². The van der Waals surface area contributed by atoms with E-state index in [0.29, 0.717) is 0 Å². The Balaban J connectivity index is 1.93. The molecule has 27 heavy (non-hydrogen) atoms. The van der Waals surface area contributed by atoms with Crippen LogP contribution in [0.25, 0.3) is 0 Å². The summed E-state index contributed by atoms with van der Waals surface area (Å²) in [7, 11) is 2.29. The van der Waals surface area contributed by atoms with E-state index in [9.17, 15) is 18.8 Å². The number of esters is 2. The molecule has 0 aliphatic carbocycles. The molecule has 0 radical (unpaired) electrons. The fourth-order valence-electron chi connectivity index (χ4n) is 2.53. The van der Waals surface area contributed by atoms with Crippen molar-refractivity contribution in [2.24, 2.45) is 0 Å². The van der Waals surface area contributed by atoms with Gasteiger partial charge in [-0.25, -0.2) is 18.7 Å². The number of halogens is 1. The van der Waals surface area contributed by atoms with Gasteiger partial charge in [0.05, 0.1) is 19.8 Å². The molecule has 2 heterocycles. The lowest BCUT2D eigenvalue weighted by Gasteiger charge is -2.19. The highest BCUT2D eigenvalue weighted by Crippen LogP contribution is 2.34. The van der Waals surface area contributed by atoms with Gasteiger partial charge in [0.15, 0.2) is 28.8 Å². The van der Waals surface area contributed by atoms with Crippen LogP contribution in [0, 0.1) is 5.82 Å². The summed E-state index contributed by atoms with van der Waals surface area (Å²) in [6.45, 7) is -0.0560. The fourth-order valence-corrected chi connectivity index (χ4v) is 2.53. The molecule has 0 saturated heterocycles. The molecule has 3 rings (SSSR count). The van der Waals surface area contributed by atoms with Gasteiger partial charge >= 0.3 is 11.9 Å². The number of ketones is 1. The number of hydrogen-bond acceptors (Lipinski definition) is 8. The predicted molar refractivity (Wildman–Crippen MR) is 86.6 cm³/mol. The Bertz CT molecular complexity index is 922. The average molecular weight is 378 g/mol. The Hall–Kier alpha value is -3.43. The van der Waals surface area contributed by atoms with E-state index in [4.69, 9.17) is 9.47 Å². The first-order valence-electron chi connectivity index (χ1n) is 7.82. The van der Waals surface area contributed by atoms with Crippen molar-refractivity contribution in [2.45, 2.75) is 6.54 Å². The van der Waals surface area contributed by atoms with Crippen LogP contribution in [0.3, 0.4) is 0 Å². The summed E-state index contributed by atoms with van der Waals surface area (Å²) in [5.74, 6) is -3.09. The number of carbonyl (C=O) groups excluding carboxylic acids is 3. The highest BCUT2D eigenvalue weighted by molar-refractivity contribution is 5.98. The Labute approximate surface area is 152 Å². The largest absolute Gasteiger partial charge is 0.486 e. The van der Waals surface area contributed by atoms with Crippen molar-refractivity contribution in [1.82, 2.24) is 9.78 Å². The van der Waals surface area contributed by atoms with Crippen molar-refractivity contribution in [3.63, 3.8) is 0 Å². The molecular weight excluding hydrogens is 363 g/mol. The van der Waals surface area contributed by atoms with Gasteiger partial charge in [-0.3, -0.25) is 4.79 Å². The van der Waals surface area contributed by atoms with E-state index < -0.39 is 30.1 Å². The molecule has 0 spiro atoms. The molecule has 0 fully saturated rings. The van der Waals surface area contributed by atoms with Crippen molar-refractivity contribution in [1.29, 1.82) is 0 Å². The van der Waals surface area contributed by atoms with E-state index in [0.717, 1.165) is 25.0 Å². The summed E-state index contributed by atoms with van der Waals surface area (Å²) >= 11 is 0. The highest BCUT2D eigenvalue weighted by Gasteiger charge is 2.26. The Morgan fingerprint density at radius 3 is 2.56 bits per heavy atom. The lowest BCUT2D eigenvalue weighted by molar-refractivity contribution is 0.0580. The molecule has 0 atom stereocenters. The van der Waals surface area contributed by atoms with E-state index in [1.54, 1.807) is 0 Å². The van der Waals surface area contributed by atoms with E-state index in [1.165, 1.54) is 12.1 Å². The average Bonchev–Trinajstić information content (AvgIpc) is 3.10. The SMILES string of the molecule is COC(=O)c1cc(C(=O)OC)n(CC(=O)c2ccc3c(c2F)OCCO3)n1. The molecule has 1 aromatic carbocycles. The van der Waals surface area contributed by atoms with Crippen LogP contribution in [0.2, 0.25) is 0 Å². The summed E-state index contributed by atoms with van der Waals surface area (Å²) in [4.78, 5) is 36.1. The third-order valence-corrected chi connectivity index (χ3v) is 3.81. The predicted octanol–water partition coefficient (Wildman–Crippen LogP) is 1.25. The summed E-state index contributed by atoms with van der Waals surface area (Å²) in [5, 5.41) is 3.87. The highest BCUT2D eigenvalue weighted by atomic mass is 19.1. The molecule has 1 aromatic heterocycles. The molecule has 10 heteroatoms. The maximum atomic E-state index is 14.6. The second kappa shape index (κ2) is 7.44. The number of aromatic nitrogens is 2. The number of hydrogen-bond donors (Lipinski definition) is 0. The molecule has 0 bridgehead atoms. The number of methoxy groups -OCH3 is 2. The zero-order chi connectivity index (χ0) is 19.6. The number of ether oxygens (including phenoxy) is 4. The fraction of sp³-hybridized carbons (Fsp3) is 0.294. The number of carbonyl (C=O) groups is 3. The maximum absolute atomic E-state index is 14.6. The Morgan fingerprint density at radius 2 is 1.85 bits per heavy atom. The van der Waals surface area contributed by atoms with Gasteiger partial charge < -0.3 is 18.9 Å². The van der Waals surface area contributed by atoms with Crippen LogP contribution >= 0.6 is 0 Å². The summed E-state index contributed by atoms with van der Waals surface area (Å²) in [6.07, 6.45) is 0. The van der Waals surface area contributed by atoms with Crippen LogP contribution in [-0.4, -0.2) is 54.9 Å². The minimum Gasteiger partial charge on any atom is -0.486 e. The first-order valence-corrected chi connectivity index (χ1v) is 7.82. The quantitative estimate of drug-likeness (QED) is 0.565. The summed E-state index contributed by atoms with van der Waals surface area (Å²) in [5.41, 5.74) is -0.595. The Morgan fingerprint density at radius 1 is 1.15 bits per heavy atom. The molecule has 9 nitrogen and oxygen atoms in total. The van der Waals surface area contributed by atoms with Crippen molar-refractivity contribution in [2.75, 3.05) is 27.4 Å². The number of Topliss-reactive ketones (excluding diaryl/α,β-unsaturated/α-hetero) is 1. The van der Waals surface area contributed by atoms with Gasteiger partial charge in [-0.15, -0.1) is 0 Å². The minimum absolute atomic E-state index is 0.143. The molecule has 0 N–H and O–H groups in total. The molecule has 0 saturated carbocycles. The van der Waals surface area contributed by atoms with Gasteiger partial charge in [0, 0.05) is 6.07 Å². The van der Waals surface area contributed by atoms with Crippen molar-refractivity contribution < 1.29 is 37.7 Å². The molecule has 0 amide bonds. The second-order valence-electron chi connectivity index (χ2n) is 5.43. The maximum Gasteiger partial charge on any atom is 0.358 e. The van der Waals surface area contributed by atoms with Crippen LogP contribution < -0.4 is 9.47 Å². The first kappa shape index (κ1) is 18.4. The monoisotopic (exact) mass is 378 g/mol. The molecule has 2 aromatic rings. The topological polar surface area (TPSA) is 106 Å². The number of rotatable bonds is 5. The van der Waals surface area contributed by atoms with Gasteiger partial charge in [-0.2, -0.15) is 5.10 Å². The van der Waals surface area contributed by atoms with Crippen LogP contribution in [0.15, 0.2) is 18.2 Å². The Kier molecular flexibility index (Phi) is 5.06. The normalized spacial score (nSPS) is 12.4. The van der Waals surface area contributed by atoms with Crippen LogP contribution in [-0.2, 0) is 16.0 Å². The third-order valence-electron chi connectivity index (χ3n) is 3.81. The lowest BCUT2D eigenvalue weighted by Crippen LogP contribution is -2.21. The first-order chi connectivity index (χ1) is 13.0. The van der Waals surface area contributed by atoms with Gasteiger partial charge in [-0.05, 0) is 12.1 Å². The number of benzene rings is 1. The molecule has 0 unspecified atom stereocenters. The van der Waals surface area contributed by atoms with E-state index in [1.807, 2.05) is 0 Å². The van der Waals surface area contributed by atoms with E-state index in [-0.39, 0.29) is 41.7 Å². The van der Waals surface area contributed by atoms with E-state index >= 15 is 0 Å². The van der Waals surface area contributed by atoms with Gasteiger partial charge in [0.2, 0.25) is 0 Å². The lowest BCUT2D eigenvalue weighted by atomic mass is 10.1. The zero-order valence-electron chi connectivity index (χ0n) is 14.5. The zero-order valence-corrected chi connectivity index (χ0v) is 14.5. The molecular formula is C17H15FN2O7. The summed E-state index contributed by atoms with van der Waals surface area (Å²) in [6, 6.07) is 3.81. The molecule has 1 aliphatic rings. The molecule has 1 aliphatic heterocycles. The van der Waals surface area contributed by atoms with Crippen LogP contribution in [0.5, 0.6) is 11.5 Å². The van der Waals surface area contributed by atoms with Crippen molar-refractivity contribution in [3.8, 4) is 11.5 Å². The molecule has 142 valence electrons. The smallest absolute Gasteiger partial charge is 0.358 e. The standard InChI is InChI=1S/C17H15FN2O7/c1-24-16(22)10-7-11(17(23)25-2)20(19-10)8-12(21)9-3-4-13-15(14(9)18)27-6-5-26-13/h3-4,7H,5-6,8H2,1-2H3. The van der Waals surface area contributed by atoms with Gasteiger partial charge in [-0.1, -0.05) is 0 Å². The van der Waals surface area contributed by atoms with Gasteiger partial charge in [0.25, 0.3) is 0 Å². The second-order valence-corrected chi connectivity index (χ2v) is 5.43. The number of fused-ring (bicyclic) bond motifs is 1. The van der Waals surface area contributed by atoms with E-state index in [2.05, 4.69) is 14.6 Å². The van der Waals surface area contributed by atoms with Gasteiger partial charge in [0.1, 0.15) is 25.5 Å². The number of nitrogens with zero attached hydrogens (tertiary/aromatic N) is 2. The summed E-state index contributed by atoms with van der Waals surface area (Å²) < 4.78 is 35.2. The third kappa shape index (κ3) is 3.46. The van der Waals surface area contributed by atoms with Crippen LogP contribution in [0.4, 0.5) is 4.39 Å². The minimum atomic E-state index is -0.864.